The molecule has 1 amide bonds. The Morgan fingerprint density at radius 3 is 2.55 bits per heavy atom. The first-order valence-corrected chi connectivity index (χ1v) is 5.65. The Bertz CT molecular complexity index is 762. The van der Waals surface area contributed by atoms with Crippen LogP contribution in [0.5, 0.6) is 5.88 Å². The number of ether oxygens (including phenoxy) is 1. The second kappa shape index (κ2) is 6.06. The predicted octanol–water partition coefficient (Wildman–Crippen LogP) is -2.79. The van der Waals surface area contributed by atoms with Gasteiger partial charge >= 0.3 is 5.69 Å². The molecule has 0 aliphatic carbocycles. The maximum Gasteiger partial charge on any atom is 0.328 e. The summed E-state index contributed by atoms with van der Waals surface area (Å²) < 4.78 is 4.83. The highest BCUT2D eigenvalue weighted by molar-refractivity contribution is 5.94. The van der Waals surface area contributed by atoms with Crippen LogP contribution in [-0.4, -0.2) is 34.4 Å². The van der Waals surface area contributed by atoms with E-state index in [1.165, 1.54) is 7.11 Å². The van der Waals surface area contributed by atoms with Gasteiger partial charge in [0.1, 0.15) is 0 Å². The molecule has 1 aliphatic rings. The van der Waals surface area contributed by atoms with E-state index in [0.717, 1.165) is 0 Å². The van der Waals surface area contributed by atoms with Crippen LogP contribution < -0.4 is 32.6 Å². The molecule has 13 heteroatoms. The quantitative estimate of drug-likeness (QED) is 0.253. The van der Waals surface area contributed by atoms with E-state index in [1.54, 1.807) is 0 Å². The minimum atomic E-state index is -1.36. The van der Waals surface area contributed by atoms with Crippen LogP contribution in [0.4, 0.5) is 5.69 Å². The zero-order chi connectivity index (χ0) is 16.3. The lowest BCUT2D eigenvalue weighted by Gasteiger charge is -2.22. The second-order valence-electron chi connectivity index (χ2n) is 3.81. The van der Waals surface area contributed by atoms with Crippen LogP contribution in [0.3, 0.4) is 0 Å². The Hall–Kier alpha value is -3.19. The van der Waals surface area contributed by atoms with Crippen LogP contribution >= 0.6 is 0 Å². The van der Waals surface area contributed by atoms with E-state index in [9.17, 15) is 19.5 Å². The van der Waals surface area contributed by atoms with E-state index in [2.05, 4.69) is 30.7 Å². The number of aliphatic hydroxyl groups excluding tert-OH is 1. The lowest BCUT2D eigenvalue weighted by Crippen LogP contribution is -2.50. The summed E-state index contributed by atoms with van der Waals surface area (Å²) in [6, 6.07) is 0. The first-order chi connectivity index (χ1) is 10.5. The predicted molar refractivity (Wildman–Crippen MR) is 68.3 cm³/mol. The van der Waals surface area contributed by atoms with Crippen molar-refractivity contribution in [1.82, 2.24) is 20.6 Å². The van der Waals surface area contributed by atoms with Crippen LogP contribution in [0.25, 0.3) is 0 Å². The van der Waals surface area contributed by atoms with Gasteiger partial charge in [0.15, 0.2) is 0 Å². The van der Waals surface area contributed by atoms with Crippen molar-refractivity contribution >= 4 is 11.6 Å². The summed E-state index contributed by atoms with van der Waals surface area (Å²) in [6.45, 7) is 0. The topological polar surface area (TPSA) is 196 Å². The van der Waals surface area contributed by atoms with Gasteiger partial charge in [-0.25, -0.2) is 4.79 Å². The number of aliphatic hydroxyl groups is 1. The fourth-order valence-corrected chi connectivity index (χ4v) is 1.51. The third kappa shape index (κ3) is 2.94. The number of amides is 1. The number of nitrogens with one attached hydrogen (secondary N) is 4. The van der Waals surface area contributed by atoms with Gasteiger partial charge in [-0.1, -0.05) is 0 Å². The highest BCUT2D eigenvalue weighted by atomic mass is 16.6. The lowest BCUT2D eigenvalue weighted by molar-refractivity contribution is -0.122. The third-order valence-corrected chi connectivity index (χ3v) is 2.42. The number of rotatable bonds is 4. The summed E-state index contributed by atoms with van der Waals surface area (Å²) in [4.78, 5) is 42.6. The lowest BCUT2D eigenvalue weighted by atomic mass is 10.4. The third-order valence-electron chi connectivity index (χ3n) is 2.42. The van der Waals surface area contributed by atoms with Gasteiger partial charge < -0.3 is 25.3 Å². The summed E-state index contributed by atoms with van der Waals surface area (Å²) >= 11 is 0. The molecule has 1 atom stereocenters. The summed E-state index contributed by atoms with van der Waals surface area (Å²) in [5.41, 5.74) is -2.61. The molecule has 118 valence electrons. The molecule has 2 heterocycles. The van der Waals surface area contributed by atoms with Crippen molar-refractivity contribution in [1.29, 1.82) is 0 Å². The van der Waals surface area contributed by atoms with Gasteiger partial charge in [0.2, 0.25) is 23.6 Å². The van der Waals surface area contributed by atoms with E-state index >= 15 is 0 Å². The molecule has 1 aromatic rings. The molecule has 2 rings (SSSR count). The van der Waals surface area contributed by atoms with Gasteiger partial charge in [0.25, 0.3) is 17.3 Å². The van der Waals surface area contributed by atoms with Gasteiger partial charge in [-0.2, -0.15) is 5.90 Å². The van der Waals surface area contributed by atoms with E-state index in [0.29, 0.717) is 0 Å². The minimum absolute atomic E-state index is 0.170. The number of nitrogens with zero attached hydrogens (tertiary/aromatic N) is 2. The van der Waals surface area contributed by atoms with Crippen molar-refractivity contribution in [2.45, 2.75) is 6.35 Å². The summed E-state index contributed by atoms with van der Waals surface area (Å²) in [5, 5.41) is 20.8. The zero-order valence-corrected chi connectivity index (χ0v) is 11.0. The van der Waals surface area contributed by atoms with Crippen LogP contribution in [0.1, 0.15) is 0 Å². The first kappa shape index (κ1) is 15.2. The molecule has 1 unspecified atom stereocenters. The number of nitrogens with two attached hydrogens (primary N) is 1. The molecule has 0 saturated carbocycles. The molecule has 0 spiro atoms. The van der Waals surface area contributed by atoms with Crippen molar-refractivity contribution in [3.63, 3.8) is 0 Å². The Morgan fingerprint density at radius 2 is 1.91 bits per heavy atom. The highest BCUT2D eigenvalue weighted by Crippen LogP contribution is 2.19. The minimum Gasteiger partial charge on any atom is -0.481 e. The summed E-state index contributed by atoms with van der Waals surface area (Å²) in [6.07, 6.45) is -1.36. The molecule has 0 bridgehead atoms. The highest BCUT2D eigenvalue weighted by Gasteiger charge is 2.26. The monoisotopic (exact) mass is 313 g/mol. The SMILES string of the molecule is COC1=C(N=Nc2c(ON)[nH]c(=O)[nH]c2=O)C(=O)NC(O)N1. The van der Waals surface area contributed by atoms with E-state index in [-0.39, 0.29) is 11.6 Å². The molecular formula is C9H11N7O6. The summed E-state index contributed by atoms with van der Waals surface area (Å²) in [7, 11) is 1.23. The van der Waals surface area contributed by atoms with Crippen LogP contribution in [-0.2, 0) is 9.53 Å². The van der Waals surface area contributed by atoms with E-state index < -0.39 is 35.1 Å². The second-order valence-corrected chi connectivity index (χ2v) is 3.81. The molecule has 0 radical (unpaired) electrons. The smallest absolute Gasteiger partial charge is 0.328 e. The number of carbonyl (C=O) groups is 1. The van der Waals surface area contributed by atoms with E-state index in [4.69, 9.17) is 10.6 Å². The molecule has 13 nitrogen and oxygen atoms in total. The number of hydrogen-bond donors (Lipinski definition) is 6. The normalized spacial score (nSPS) is 18.1. The number of aromatic nitrogens is 2. The summed E-state index contributed by atoms with van der Waals surface area (Å²) in [5.74, 6) is 3.49. The zero-order valence-electron chi connectivity index (χ0n) is 11.0. The first-order valence-electron chi connectivity index (χ1n) is 5.65. The van der Waals surface area contributed by atoms with Gasteiger partial charge in [-0.05, 0) is 0 Å². The standard InChI is InChI=1S/C9H11N7O6/c1-21-6-2(4(17)11-8(19)13-6)15-16-3-5(18)12-9(20)14-7(3)22-10/h8,13,19H,10H2,1H3,(H,11,17)(H2,12,14,18,20). The van der Waals surface area contributed by atoms with E-state index in [1.807, 2.05) is 4.98 Å². The Labute approximate surface area is 120 Å². The average molecular weight is 313 g/mol. The fraction of sp³-hybridized carbons (Fsp3) is 0.222. The number of hydrogen-bond acceptors (Lipinski definition) is 10. The molecule has 0 fully saturated rings. The molecule has 1 aliphatic heterocycles. The van der Waals surface area contributed by atoms with Crippen LogP contribution in [0.15, 0.2) is 31.4 Å². The molecule has 1 aromatic heterocycles. The van der Waals surface area contributed by atoms with Gasteiger partial charge in [0.05, 0.1) is 7.11 Å². The Balaban J connectivity index is 2.46. The van der Waals surface area contributed by atoms with Gasteiger partial charge in [-0.3, -0.25) is 19.6 Å². The number of H-pyrrole nitrogens is 2. The molecule has 0 saturated heterocycles. The number of carbonyl (C=O) groups excluding carboxylic acids is 1. The molecule has 0 aromatic carbocycles. The molecular weight excluding hydrogens is 302 g/mol. The number of methoxy groups -OCH3 is 1. The largest absolute Gasteiger partial charge is 0.481 e. The maximum atomic E-state index is 11.7. The fourth-order valence-electron chi connectivity index (χ4n) is 1.51. The molecule has 22 heavy (non-hydrogen) atoms. The van der Waals surface area contributed by atoms with Gasteiger partial charge in [-0.15, -0.1) is 10.2 Å². The van der Waals surface area contributed by atoms with Crippen molar-refractivity contribution in [3.05, 3.63) is 32.4 Å². The number of aromatic amines is 2. The molecule has 7 N–H and O–H groups in total. The Morgan fingerprint density at radius 1 is 1.18 bits per heavy atom. The Kier molecular flexibility index (Phi) is 4.19. The number of azo groups is 1. The van der Waals surface area contributed by atoms with Crippen molar-refractivity contribution < 1.29 is 19.5 Å². The van der Waals surface area contributed by atoms with Gasteiger partial charge in [0, 0.05) is 0 Å². The van der Waals surface area contributed by atoms with Crippen molar-refractivity contribution in [2.75, 3.05) is 7.11 Å². The van der Waals surface area contributed by atoms with Crippen molar-refractivity contribution in [3.8, 4) is 5.88 Å². The van der Waals surface area contributed by atoms with Crippen LogP contribution in [0, 0.1) is 0 Å². The average Bonchev–Trinajstić information content (AvgIpc) is 2.46. The maximum absolute atomic E-state index is 11.7. The van der Waals surface area contributed by atoms with Crippen molar-refractivity contribution in [2.24, 2.45) is 16.1 Å². The van der Waals surface area contributed by atoms with Crippen LogP contribution in [0.2, 0.25) is 0 Å².